The third kappa shape index (κ3) is 3.88. The zero-order valence-corrected chi connectivity index (χ0v) is 15.9. The van der Waals surface area contributed by atoms with Crippen molar-refractivity contribution in [2.24, 2.45) is 4.40 Å². The van der Waals surface area contributed by atoms with Crippen molar-refractivity contribution in [3.63, 3.8) is 0 Å². The molecule has 0 radical (unpaired) electrons. The molecule has 1 aliphatic heterocycles. The Morgan fingerprint density at radius 1 is 0.929 bits per heavy atom. The van der Waals surface area contributed by atoms with Crippen molar-refractivity contribution in [2.75, 3.05) is 0 Å². The molecule has 0 amide bonds. The van der Waals surface area contributed by atoms with E-state index in [1.165, 1.54) is 12.1 Å². The smallest absolute Gasteiger partial charge is 0.282 e. The third-order valence-corrected chi connectivity index (χ3v) is 5.87. The molecule has 6 heteroatoms. The summed E-state index contributed by atoms with van der Waals surface area (Å²) in [7, 11) is -3.89. The number of halogens is 1. The fourth-order valence-corrected chi connectivity index (χ4v) is 4.05. The molecule has 0 bridgehead atoms. The van der Waals surface area contributed by atoms with Gasteiger partial charge >= 0.3 is 0 Å². The van der Waals surface area contributed by atoms with Gasteiger partial charge in [0.2, 0.25) is 0 Å². The molecule has 0 spiro atoms. The zero-order valence-electron chi connectivity index (χ0n) is 15.1. The van der Waals surface area contributed by atoms with Crippen LogP contribution in [-0.2, 0) is 14.8 Å². The van der Waals surface area contributed by atoms with Crippen LogP contribution in [0.1, 0.15) is 22.8 Å². The van der Waals surface area contributed by atoms with Crippen LogP contribution in [0.4, 0.5) is 4.39 Å². The molecule has 142 valence electrons. The largest absolute Gasteiger partial charge is 0.358 e. The van der Waals surface area contributed by atoms with Crippen LogP contribution in [0.15, 0.2) is 88.2 Å². The van der Waals surface area contributed by atoms with Gasteiger partial charge in [0.1, 0.15) is 18.0 Å². The summed E-state index contributed by atoms with van der Waals surface area (Å²) < 4.78 is 48.8. The first kappa shape index (κ1) is 18.5. The molecule has 1 heterocycles. The number of rotatable bonds is 5. The van der Waals surface area contributed by atoms with Crippen LogP contribution in [0.2, 0.25) is 0 Å². The molecule has 2 atom stereocenters. The van der Waals surface area contributed by atoms with Gasteiger partial charge in [-0.25, -0.2) is 4.39 Å². The molecular formula is C22H18FNO3S. The summed E-state index contributed by atoms with van der Waals surface area (Å²) in [6.07, 6.45) is -0.860. The average molecular weight is 395 g/mol. The van der Waals surface area contributed by atoms with E-state index >= 15 is 0 Å². The van der Waals surface area contributed by atoms with Crippen molar-refractivity contribution in [3.05, 3.63) is 101 Å². The molecule has 28 heavy (non-hydrogen) atoms. The van der Waals surface area contributed by atoms with Gasteiger partial charge in [0.15, 0.2) is 0 Å². The second-order valence-electron chi connectivity index (χ2n) is 6.66. The molecule has 1 aliphatic rings. The summed E-state index contributed by atoms with van der Waals surface area (Å²) in [6, 6.07) is 21.6. The number of epoxide rings is 1. The average Bonchev–Trinajstić information content (AvgIpc) is 3.48. The minimum Gasteiger partial charge on any atom is -0.358 e. The SMILES string of the molecule is Cc1ccc(S(=O)(=O)/N=C(\c2ccccc2)[C@H]2O[C@@H]2c2ccc(F)cc2)cc1. The van der Waals surface area contributed by atoms with Gasteiger partial charge in [-0.2, -0.15) is 12.8 Å². The number of aryl methyl sites for hydroxylation is 1. The normalized spacial score (nSPS) is 19.4. The zero-order chi connectivity index (χ0) is 19.7. The maximum absolute atomic E-state index is 13.2. The molecule has 3 aromatic carbocycles. The number of hydrogen-bond acceptors (Lipinski definition) is 3. The van der Waals surface area contributed by atoms with Gasteiger partial charge in [0, 0.05) is 0 Å². The minimum atomic E-state index is -3.89. The Hall–Kier alpha value is -2.83. The highest BCUT2D eigenvalue weighted by molar-refractivity contribution is 7.90. The van der Waals surface area contributed by atoms with Gasteiger partial charge in [-0.3, -0.25) is 0 Å². The molecule has 4 rings (SSSR count). The highest BCUT2D eigenvalue weighted by Crippen LogP contribution is 2.41. The van der Waals surface area contributed by atoms with E-state index in [0.717, 1.165) is 11.1 Å². The van der Waals surface area contributed by atoms with E-state index in [0.29, 0.717) is 11.3 Å². The highest BCUT2D eigenvalue weighted by Gasteiger charge is 2.45. The Morgan fingerprint density at radius 2 is 1.57 bits per heavy atom. The topological polar surface area (TPSA) is 59.0 Å². The number of sulfonamides is 1. The van der Waals surface area contributed by atoms with E-state index in [9.17, 15) is 12.8 Å². The lowest BCUT2D eigenvalue weighted by Gasteiger charge is -2.06. The van der Waals surface area contributed by atoms with Gasteiger partial charge in [-0.15, -0.1) is 0 Å². The van der Waals surface area contributed by atoms with Crippen LogP contribution in [-0.4, -0.2) is 20.2 Å². The Balaban J connectivity index is 1.72. The van der Waals surface area contributed by atoms with Crippen LogP contribution in [0.25, 0.3) is 0 Å². The van der Waals surface area contributed by atoms with Crippen molar-refractivity contribution in [1.82, 2.24) is 0 Å². The highest BCUT2D eigenvalue weighted by atomic mass is 32.2. The van der Waals surface area contributed by atoms with Crippen molar-refractivity contribution in [2.45, 2.75) is 24.0 Å². The summed E-state index contributed by atoms with van der Waals surface area (Å²) in [6.45, 7) is 1.89. The third-order valence-electron chi connectivity index (χ3n) is 4.57. The fraction of sp³-hybridized carbons (Fsp3) is 0.136. The summed E-state index contributed by atoms with van der Waals surface area (Å²) in [5.74, 6) is -0.333. The molecule has 0 aromatic heterocycles. The van der Waals surface area contributed by atoms with E-state index in [1.807, 2.05) is 25.1 Å². The molecule has 0 aliphatic carbocycles. The Bertz CT molecular complexity index is 1110. The number of ether oxygens (including phenoxy) is 1. The lowest BCUT2D eigenvalue weighted by Crippen LogP contribution is -2.13. The van der Waals surface area contributed by atoms with Gasteiger partial charge in [0.25, 0.3) is 10.0 Å². The van der Waals surface area contributed by atoms with Crippen LogP contribution in [0.5, 0.6) is 0 Å². The van der Waals surface area contributed by atoms with Gasteiger partial charge in [0.05, 0.1) is 10.6 Å². The quantitative estimate of drug-likeness (QED) is 0.474. The molecule has 4 nitrogen and oxygen atoms in total. The molecule has 1 saturated heterocycles. The molecule has 0 N–H and O–H groups in total. The van der Waals surface area contributed by atoms with Crippen LogP contribution < -0.4 is 0 Å². The Kier molecular flexibility index (Phi) is 4.83. The van der Waals surface area contributed by atoms with E-state index in [-0.39, 0.29) is 16.8 Å². The van der Waals surface area contributed by atoms with E-state index in [4.69, 9.17) is 4.74 Å². The van der Waals surface area contributed by atoms with Gasteiger partial charge in [-0.1, -0.05) is 60.2 Å². The first-order valence-corrected chi connectivity index (χ1v) is 10.3. The predicted molar refractivity (Wildman–Crippen MR) is 105 cm³/mol. The van der Waals surface area contributed by atoms with Crippen molar-refractivity contribution < 1.29 is 17.5 Å². The summed E-state index contributed by atoms with van der Waals surface area (Å²) >= 11 is 0. The molecule has 0 saturated carbocycles. The van der Waals surface area contributed by atoms with Gasteiger partial charge < -0.3 is 4.74 Å². The second-order valence-corrected chi connectivity index (χ2v) is 8.26. The second kappa shape index (κ2) is 7.30. The molecule has 1 fully saturated rings. The monoisotopic (exact) mass is 395 g/mol. The Labute approximate surface area is 163 Å². The maximum Gasteiger partial charge on any atom is 0.282 e. The standard InChI is InChI=1S/C22H18FNO3S/c1-15-7-13-19(14-8-15)28(25,26)24-20(16-5-3-2-4-6-16)22-21(27-22)17-9-11-18(23)12-10-17/h2-14,21-22H,1H3/b24-20+/t21-,22-/m1/s1. The van der Waals surface area contributed by atoms with Crippen molar-refractivity contribution in [1.29, 1.82) is 0 Å². The van der Waals surface area contributed by atoms with Crippen LogP contribution in [0.3, 0.4) is 0 Å². The minimum absolute atomic E-state index is 0.130. The lowest BCUT2D eigenvalue weighted by atomic mass is 10.0. The molecular weight excluding hydrogens is 377 g/mol. The maximum atomic E-state index is 13.2. The fourth-order valence-electron chi connectivity index (χ4n) is 3.00. The summed E-state index contributed by atoms with van der Waals surface area (Å²) in [4.78, 5) is 0.130. The van der Waals surface area contributed by atoms with E-state index in [2.05, 4.69) is 4.40 Å². The lowest BCUT2D eigenvalue weighted by molar-refractivity contribution is 0.400. The number of nitrogens with zero attached hydrogens (tertiary/aromatic N) is 1. The summed E-state index contributed by atoms with van der Waals surface area (Å²) in [5, 5.41) is 0. The number of hydrogen-bond donors (Lipinski definition) is 0. The number of benzene rings is 3. The van der Waals surface area contributed by atoms with Crippen LogP contribution >= 0.6 is 0 Å². The van der Waals surface area contributed by atoms with Crippen molar-refractivity contribution >= 4 is 15.7 Å². The molecule has 3 aromatic rings. The van der Waals surface area contributed by atoms with Crippen LogP contribution in [0, 0.1) is 12.7 Å². The summed E-state index contributed by atoms with van der Waals surface area (Å²) in [5.41, 5.74) is 2.76. The van der Waals surface area contributed by atoms with E-state index < -0.39 is 16.1 Å². The first-order chi connectivity index (χ1) is 13.4. The predicted octanol–water partition coefficient (Wildman–Crippen LogP) is 4.45. The van der Waals surface area contributed by atoms with E-state index in [1.54, 1.807) is 48.5 Å². The first-order valence-electron chi connectivity index (χ1n) is 8.82. The Morgan fingerprint density at radius 3 is 2.21 bits per heavy atom. The van der Waals surface area contributed by atoms with Crippen molar-refractivity contribution in [3.8, 4) is 0 Å². The molecule has 0 unspecified atom stereocenters. The van der Waals surface area contributed by atoms with Gasteiger partial charge in [-0.05, 0) is 42.3 Å².